The van der Waals surface area contributed by atoms with Gasteiger partial charge in [-0.05, 0) is 29.2 Å². The lowest BCUT2D eigenvalue weighted by molar-refractivity contribution is -0.145. The third kappa shape index (κ3) is 4.93. The van der Waals surface area contributed by atoms with Crippen molar-refractivity contribution in [3.63, 3.8) is 0 Å². The minimum absolute atomic E-state index is 0.109. The van der Waals surface area contributed by atoms with Crippen molar-refractivity contribution in [2.24, 2.45) is 0 Å². The van der Waals surface area contributed by atoms with Gasteiger partial charge in [0, 0.05) is 30.8 Å². The fourth-order valence-electron chi connectivity index (χ4n) is 4.33. The van der Waals surface area contributed by atoms with E-state index in [1.54, 1.807) is 13.1 Å². The summed E-state index contributed by atoms with van der Waals surface area (Å²) < 4.78 is 5.57. The van der Waals surface area contributed by atoms with Gasteiger partial charge in [-0.15, -0.1) is 0 Å². The zero-order valence-electron chi connectivity index (χ0n) is 18.7. The number of fused-ring (bicyclic) bond motifs is 3. The van der Waals surface area contributed by atoms with E-state index in [4.69, 9.17) is 9.84 Å². The number of carboxylic acids is 1. The van der Waals surface area contributed by atoms with Gasteiger partial charge >= 0.3 is 12.1 Å². The third-order valence-electron chi connectivity index (χ3n) is 5.93. The number of rotatable bonds is 9. The van der Waals surface area contributed by atoms with Gasteiger partial charge in [0.15, 0.2) is 0 Å². The summed E-state index contributed by atoms with van der Waals surface area (Å²) in [4.78, 5) is 45.0. The molecule has 176 valence electrons. The summed E-state index contributed by atoms with van der Waals surface area (Å²) in [5.41, 5.74) is 5.03. The molecule has 0 spiro atoms. The molecule has 9 heteroatoms. The van der Waals surface area contributed by atoms with Crippen LogP contribution >= 0.6 is 0 Å². The fraction of sp³-hybridized carbons (Fsp3) is 0.280. The van der Waals surface area contributed by atoms with Crippen LogP contribution in [0.25, 0.3) is 11.1 Å². The Morgan fingerprint density at radius 2 is 1.76 bits per heavy atom. The highest BCUT2D eigenvalue weighted by Gasteiger charge is 2.31. The number of hydrogen-bond acceptors (Lipinski definition) is 5. The van der Waals surface area contributed by atoms with E-state index in [9.17, 15) is 14.4 Å². The summed E-state index contributed by atoms with van der Waals surface area (Å²) in [6, 6.07) is 15.0. The zero-order chi connectivity index (χ0) is 24.1. The molecule has 0 fully saturated rings. The van der Waals surface area contributed by atoms with E-state index in [1.807, 2.05) is 36.4 Å². The van der Waals surface area contributed by atoms with Gasteiger partial charge < -0.3 is 25.0 Å². The van der Waals surface area contributed by atoms with Crippen LogP contribution in [-0.2, 0) is 20.7 Å². The molecule has 0 bridgehead atoms. The van der Waals surface area contributed by atoms with Crippen LogP contribution in [-0.4, -0.2) is 63.7 Å². The maximum absolute atomic E-state index is 13.0. The van der Waals surface area contributed by atoms with Crippen LogP contribution in [0.3, 0.4) is 0 Å². The predicted molar refractivity (Wildman–Crippen MR) is 124 cm³/mol. The molecule has 34 heavy (non-hydrogen) atoms. The van der Waals surface area contributed by atoms with Crippen molar-refractivity contribution < 1.29 is 24.2 Å². The number of likely N-dealkylation sites (N-methyl/N-ethyl adjacent to an activating group) is 1. The molecule has 1 atom stereocenters. The summed E-state index contributed by atoms with van der Waals surface area (Å²) in [7, 11) is 0. The van der Waals surface area contributed by atoms with E-state index in [-0.39, 0.29) is 25.5 Å². The summed E-state index contributed by atoms with van der Waals surface area (Å²) in [6.45, 7) is 1.52. The Balaban J connectivity index is 1.47. The van der Waals surface area contributed by atoms with Crippen molar-refractivity contribution in [1.82, 2.24) is 20.2 Å². The van der Waals surface area contributed by atoms with Gasteiger partial charge in [-0.1, -0.05) is 48.5 Å². The first-order valence-electron chi connectivity index (χ1n) is 11.1. The summed E-state index contributed by atoms with van der Waals surface area (Å²) in [5.74, 6) is -1.75. The molecule has 0 unspecified atom stereocenters. The molecule has 1 aliphatic rings. The molecule has 0 saturated carbocycles. The number of alkyl carbamates (subject to hydrolysis) is 1. The van der Waals surface area contributed by atoms with Crippen LogP contribution in [0.5, 0.6) is 0 Å². The first-order valence-corrected chi connectivity index (χ1v) is 11.1. The second-order valence-electron chi connectivity index (χ2n) is 8.05. The van der Waals surface area contributed by atoms with E-state index < -0.39 is 30.6 Å². The number of nitrogens with one attached hydrogen (secondary N) is 2. The van der Waals surface area contributed by atoms with Crippen LogP contribution < -0.4 is 5.32 Å². The molecule has 0 radical (unpaired) electrons. The molecule has 9 nitrogen and oxygen atoms in total. The van der Waals surface area contributed by atoms with Gasteiger partial charge in [0.25, 0.3) is 0 Å². The molecular weight excluding hydrogens is 436 g/mol. The van der Waals surface area contributed by atoms with E-state index in [1.165, 1.54) is 11.2 Å². The molecule has 0 aliphatic heterocycles. The molecule has 4 rings (SSSR count). The van der Waals surface area contributed by atoms with Crippen molar-refractivity contribution >= 4 is 18.0 Å². The Hall–Kier alpha value is -4.14. The first-order chi connectivity index (χ1) is 16.5. The van der Waals surface area contributed by atoms with Crippen LogP contribution in [0.15, 0.2) is 61.1 Å². The maximum Gasteiger partial charge on any atom is 0.407 e. The number of hydrogen-bond donors (Lipinski definition) is 3. The lowest BCUT2D eigenvalue weighted by Crippen LogP contribution is -2.51. The van der Waals surface area contributed by atoms with E-state index in [0.717, 1.165) is 22.3 Å². The number of carbonyl (C=O) groups is 3. The molecule has 1 heterocycles. The van der Waals surface area contributed by atoms with E-state index in [0.29, 0.717) is 5.69 Å². The molecular formula is C25H26N4O5. The molecule has 2 aromatic carbocycles. The monoisotopic (exact) mass is 462 g/mol. The summed E-state index contributed by atoms with van der Waals surface area (Å²) in [5, 5.41) is 11.7. The molecule has 0 saturated heterocycles. The maximum atomic E-state index is 13.0. The standard InChI is InChI=1S/C25H26N4O5/c1-2-29(13-23(30)31)24(32)22(11-16-12-26-15-27-16)28-25(33)34-14-21-19-9-5-3-7-17(19)18-8-4-6-10-20(18)21/h3-10,12,15,21-22H,2,11,13-14H2,1H3,(H,26,27)(H,28,33)(H,30,31)/t22-/m1/s1. The van der Waals surface area contributed by atoms with E-state index >= 15 is 0 Å². The Morgan fingerprint density at radius 3 is 2.32 bits per heavy atom. The van der Waals surface area contributed by atoms with Gasteiger partial charge in [-0.3, -0.25) is 9.59 Å². The Morgan fingerprint density at radius 1 is 1.12 bits per heavy atom. The molecule has 3 aromatic rings. The second kappa shape index (κ2) is 10.2. The second-order valence-corrected chi connectivity index (χ2v) is 8.05. The van der Waals surface area contributed by atoms with Crippen LogP contribution in [0.4, 0.5) is 4.79 Å². The molecule has 1 aromatic heterocycles. The van der Waals surface area contributed by atoms with Gasteiger partial charge in [0.05, 0.1) is 6.33 Å². The number of ether oxygens (including phenoxy) is 1. The van der Waals surface area contributed by atoms with Gasteiger partial charge in [0.1, 0.15) is 19.2 Å². The minimum atomic E-state index is -1.13. The number of imidazole rings is 1. The van der Waals surface area contributed by atoms with Gasteiger partial charge in [0.2, 0.25) is 5.91 Å². The lowest BCUT2D eigenvalue weighted by atomic mass is 9.98. The number of aliphatic carboxylic acids is 1. The average molecular weight is 463 g/mol. The zero-order valence-corrected chi connectivity index (χ0v) is 18.7. The highest BCUT2D eigenvalue weighted by Crippen LogP contribution is 2.44. The van der Waals surface area contributed by atoms with Crippen LogP contribution in [0.2, 0.25) is 0 Å². The Labute approximate surface area is 196 Å². The number of nitrogens with zero attached hydrogens (tertiary/aromatic N) is 2. The molecule has 1 aliphatic carbocycles. The SMILES string of the molecule is CCN(CC(=O)O)C(=O)[C@@H](Cc1cnc[nH]1)NC(=O)OCC1c2ccccc2-c2ccccc21. The smallest absolute Gasteiger partial charge is 0.407 e. The first kappa shape index (κ1) is 23.0. The van der Waals surface area contributed by atoms with E-state index in [2.05, 4.69) is 27.4 Å². The van der Waals surface area contributed by atoms with Crippen molar-refractivity contribution in [2.75, 3.05) is 19.7 Å². The number of aromatic amines is 1. The van der Waals surface area contributed by atoms with Crippen molar-refractivity contribution in [1.29, 1.82) is 0 Å². The van der Waals surface area contributed by atoms with Crippen molar-refractivity contribution in [3.8, 4) is 11.1 Å². The number of carboxylic acid groups (broad SMARTS) is 1. The number of H-pyrrole nitrogens is 1. The highest BCUT2D eigenvalue weighted by atomic mass is 16.5. The number of benzene rings is 2. The third-order valence-corrected chi connectivity index (χ3v) is 5.93. The number of carbonyl (C=O) groups excluding carboxylic acids is 2. The fourth-order valence-corrected chi connectivity index (χ4v) is 4.33. The summed E-state index contributed by atoms with van der Waals surface area (Å²) in [6.07, 6.45) is 2.40. The van der Waals surface area contributed by atoms with Gasteiger partial charge in [-0.25, -0.2) is 9.78 Å². The number of aromatic nitrogens is 2. The quantitative estimate of drug-likeness (QED) is 0.449. The minimum Gasteiger partial charge on any atom is -0.480 e. The van der Waals surface area contributed by atoms with Gasteiger partial charge in [-0.2, -0.15) is 0 Å². The largest absolute Gasteiger partial charge is 0.480 e. The van der Waals surface area contributed by atoms with Crippen LogP contribution in [0.1, 0.15) is 29.7 Å². The lowest BCUT2D eigenvalue weighted by Gasteiger charge is -2.25. The number of amides is 2. The Kier molecular flexibility index (Phi) is 6.91. The van der Waals surface area contributed by atoms with Crippen LogP contribution in [0, 0.1) is 0 Å². The topological polar surface area (TPSA) is 125 Å². The summed E-state index contributed by atoms with van der Waals surface area (Å²) >= 11 is 0. The van der Waals surface area contributed by atoms with Crippen molar-refractivity contribution in [3.05, 3.63) is 77.9 Å². The Bertz CT molecular complexity index is 1130. The normalized spacial score (nSPS) is 13.0. The highest BCUT2D eigenvalue weighted by molar-refractivity contribution is 5.88. The molecule has 3 N–H and O–H groups in total. The van der Waals surface area contributed by atoms with Crippen molar-refractivity contribution in [2.45, 2.75) is 25.3 Å². The predicted octanol–water partition coefficient (Wildman–Crippen LogP) is 2.79. The average Bonchev–Trinajstić information content (AvgIpc) is 3.46. The molecule has 2 amide bonds.